The summed E-state index contributed by atoms with van der Waals surface area (Å²) in [4.78, 5) is 42.2. The van der Waals surface area contributed by atoms with E-state index in [1.807, 2.05) is 0 Å². The molecule has 0 rings (SSSR count). The molecule has 0 atom stereocenters. The minimum Gasteiger partial charge on any atom is -0.481 e. The molecule has 0 aromatic heterocycles. The van der Waals surface area contributed by atoms with Gasteiger partial charge in [0.05, 0.1) is 0 Å². The lowest BCUT2D eigenvalue weighted by Gasteiger charge is -2.01. The molecule has 0 heterocycles. The first-order chi connectivity index (χ1) is 7.91. The molecule has 0 aliphatic rings. The van der Waals surface area contributed by atoms with Gasteiger partial charge in [-0.2, -0.15) is 0 Å². The fraction of sp³-hybridized carbons (Fsp3) is 0.600. The van der Waals surface area contributed by atoms with Crippen LogP contribution in [0.1, 0.15) is 38.5 Å². The smallest absolute Gasteiger partial charge is 0.313 e. The van der Waals surface area contributed by atoms with Crippen LogP contribution in [0.2, 0.25) is 0 Å². The monoisotopic (exact) mass is 263 g/mol. The van der Waals surface area contributed by atoms with Gasteiger partial charge in [0.2, 0.25) is 0 Å². The number of rotatable bonds is 8. The summed E-state index contributed by atoms with van der Waals surface area (Å²) in [6.07, 6.45) is -0.397. The molecule has 104 valence electrons. The summed E-state index contributed by atoms with van der Waals surface area (Å²) in [6, 6.07) is 0. The van der Waals surface area contributed by atoms with Gasteiger partial charge in [0.15, 0.2) is 0 Å². The summed E-state index contributed by atoms with van der Waals surface area (Å²) in [5.41, 5.74) is 0. The fourth-order valence-corrected chi connectivity index (χ4v) is 0.997. The number of hydrogen-bond acceptors (Lipinski definition) is 6. The van der Waals surface area contributed by atoms with E-state index in [2.05, 4.69) is 4.74 Å². The van der Waals surface area contributed by atoms with Crippen molar-refractivity contribution in [1.29, 1.82) is 0 Å². The van der Waals surface area contributed by atoms with Crippen molar-refractivity contribution < 1.29 is 34.1 Å². The highest BCUT2D eigenvalue weighted by atomic mass is 16.6. The summed E-state index contributed by atoms with van der Waals surface area (Å²) in [6.45, 7) is 0. The number of esters is 2. The Kier molecular flexibility index (Phi) is 10.4. The van der Waals surface area contributed by atoms with E-state index in [-0.39, 0.29) is 44.7 Å². The van der Waals surface area contributed by atoms with E-state index < -0.39 is 23.9 Å². The van der Waals surface area contributed by atoms with Crippen LogP contribution in [0.25, 0.3) is 0 Å². The number of aliphatic carboxylic acids is 2. The molecule has 0 saturated heterocycles. The van der Waals surface area contributed by atoms with Gasteiger partial charge >= 0.3 is 23.9 Å². The van der Waals surface area contributed by atoms with Gasteiger partial charge in [0, 0.05) is 25.7 Å². The van der Waals surface area contributed by atoms with Crippen LogP contribution in [0.15, 0.2) is 0 Å². The highest BCUT2D eigenvalue weighted by Crippen LogP contribution is 2.02. The molecule has 0 saturated carbocycles. The third-order valence-corrected chi connectivity index (χ3v) is 1.77. The van der Waals surface area contributed by atoms with Crippen LogP contribution in [0, 0.1) is 0 Å². The number of ether oxygens (including phenoxy) is 1. The number of carboxylic acids is 2. The van der Waals surface area contributed by atoms with Crippen molar-refractivity contribution in [3.8, 4) is 0 Å². The molecular weight excluding hydrogens is 246 g/mol. The molecule has 5 N–H and O–H groups in total. The summed E-state index contributed by atoms with van der Waals surface area (Å²) in [5.74, 6) is -3.62. The molecule has 0 aliphatic heterocycles. The van der Waals surface area contributed by atoms with Crippen LogP contribution in [0.3, 0.4) is 0 Å². The molecule has 0 unspecified atom stereocenters. The second-order valence-electron chi connectivity index (χ2n) is 3.34. The Hall–Kier alpha value is -1.96. The summed E-state index contributed by atoms with van der Waals surface area (Å²) in [7, 11) is 0. The van der Waals surface area contributed by atoms with E-state index in [9.17, 15) is 19.2 Å². The van der Waals surface area contributed by atoms with Crippen LogP contribution >= 0.6 is 0 Å². The van der Waals surface area contributed by atoms with Gasteiger partial charge in [-0.15, -0.1) is 0 Å². The van der Waals surface area contributed by atoms with Crippen LogP contribution in [-0.4, -0.2) is 34.1 Å². The Morgan fingerprint density at radius 3 is 1.33 bits per heavy atom. The molecular formula is C10H17NO7. The van der Waals surface area contributed by atoms with Crippen molar-refractivity contribution in [3.05, 3.63) is 0 Å². The second-order valence-corrected chi connectivity index (χ2v) is 3.34. The number of hydrogen-bond donors (Lipinski definition) is 3. The Labute approximate surface area is 104 Å². The summed E-state index contributed by atoms with van der Waals surface area (Å²) in [5, 5.41) is 16.6. The minimum absolute atomic E-state index is 0. The predicted molar refractivity (Wildman–Crippen MR) is 59.1 cm³/mol. The van der Waals surface area contributed by atoms with E-state index >= 15 is 0 Å². The third-order valence-electron chi connectivity index (χ3n) is 1.77. The average Bonchev–Trinajstić information content (AvgIpc) is 2.15. The molecule has 0 radical (unpaired) electrons. The summed E-state index contributed by atoms with van der Waals surface area (Å²) < 4.78 is 4.35. The van der Waals surface area contributed by atoms with E-state index in [1.165, 1.54) is 0 Å². The normalized spacial score (nSPS) is 9.11. The minimum atomic E-state index is -1.02. The van der Waals surface area contributed by atoms with E-state index in [0.717, 1.165) is 0 Å². The maximum absolute atomic E-state index is 11.0. The topological polar surface area (TPSA) is 153 Å². The molecule has 0 spiro atoms. The van der Waals surface area contributed by atoms with Crippen molar-refractivity contribution in [1.82, 2.24) is 6.15 Å². The Bertz CT molecular complexity index is 283. The lowest BCUT2D eigenvalue weighted by molar-refractivity contribution is -0.159. The standard InChI is InChI=1S/C10H14O7.H3N/c11-7(12)3-1-5-9(15)17-10(16)6-2-4-8(13)14;/h1-6H2,(H,11,12)(H,13,14);1H3. The zero-order chi connectivity index (χ0) is 13.3. The van der Waals surface area contributed by atoms with Gasteiger partial charge in [-0.25, -0.2) is 0 Å². The van der Waals surface area contributed by atoms with Crippen LogP contribution in [-0.2, 0) is 23.9 Å². The van der Waals surface area contributed by atoms with E-state index in [0.29, 0.717) is 0 Å². The molecule has 0 aliphatic carbocycles. The van der Waals surface area contributed by atoms with E-state index in [1.54, 1.807) is 0 Å². The zero-order valence-electron chi connectivity index (χ0n) is 9.89. The molecule has 0 aromatic carbocycles. The number of carbonyl (C=O) groups is 4. The highest BCUT2D eigenvalue weighted by molar-refractivity contribution is 5.85. The van der Waals surface area contributed by atoms with Gasteiger partial charge < -0.3 is 21.1 Å². The third kappa shape index (κ3) is 12.1. The zero-order valence-corrected chi connectivity index (χ0v) is 9.89. The molecule has 0 aromatic rings. The SMILES string of the molecule is N.O=C(O)CCCC(=O)OC(=O)CCCC(=O)O. The number of carboxylic acid groups (broad SMARTS) is 2. The second kappa shape index (κ2) is 10.2. The maximum atomic E-state index is 11.0. The van der Waals surface area contributed by atoms with Crippen molar-refractivity contribution in [2.24, 2.45) is 0 Å². The number of carbonyl (C=O) groups excluding carboxylic acids is 2. The van der Waals surface area contributed by atoms with Crippen LogP contribution in [0.4, 0.5) is 0 Å². The molecule has 0 amide bonds. The quantitative estimate of drug-likeness (QED) is 0.427. The van der Waals surface area contributed by atoms with Crippen LogP contribution < -0.4 is 6.15 Å². The first kappa shape index (κ1) is 18.4. The lowest BCUT2D eigenvalue weighted by atomic mass is 10.2. The van der Waals surface area contributed by atoms with Gasteiger partial charge in [-0.3, -0.25) is 19.2 Å². The lowest BCUT2D eigenvalue weighted by Crippen LogP contribution is -2.12. The van der Waals surface area contributed by atoms with Gasteiger partial charge in [-0.05, 0) is 12.8 Å². The van der Waals surface area contributed by atoms with Crippen molar-refractivity contribution in [3.63, 3.8) is 0 Å². The summed E-state index contributed by atoms with van der Waals surface area (Å²) >= 11 is 0. The molecule has 8 heteroatoms. The molecule has 8 nitrogen and oxygen atoms in total. The van der Waals surface area contributed by atoms with Crippen molar-refractivity contribution in [2.75, 3.05) is 0 Å². The fourth-order valence-electron chi connectivity index (χ4n) is 0.997. The van der Waals surface area contributed by atoms with Gasteiger partial charge in [0.1, 0.15) is 0 Å². The molecule has 0 fully saturated rings. The van der Waals surface area contributed by atoms with Crippen LogP contribution in [0.5, 0.6) is 0 Å². The largest absolute Gasteiger partial charge is 0.481 e. The highest BCUT2D eigenvalue weighted by Gasteiger charge is 2.11. The predicted octanol–water partition coefficient (Wildman–Crippen LogP) is 0.728. The van der Waals surface area contributed by atoms with Crippen molar-refractivity contribution >= 4 is 23.9 Å². The van der Waals surface area contributed by atoms with Gasteiger partial charge in [-0.1, -0.05) is 0 Å². The Morgan fingerprint density at radius 2 is 1.06 bits per heavy atom. The average molecular weight is 263 g/mol. The molecule has 18 heavy (non-hydrogen) atoms. The maximum Gasteiger partial charge on any atom is 0.313 e. The molecule has 0 bridgehead atoms. The first-order valence-electron chi connectivity index (χ1n) is 5.09. The first-order valence-corrected chi connectivity index (χ1v) is 5.09. The van der Waals surface area contributed by atoms with E-state index in [4.69, 9.17) is 10.2 Å². The van der Waals surface area contributed by atoms with Crippen molar-refractivity contribution in [2.45, 2.75) is 38.5 Å². The Balaban J connectivity index is 0. The Morgan fingerprint density at radius 1 is 0.722 bits per heavy atom. The van der Waals surface area contributed by atoms with Gasteiger partial charge in [0.25, 0.3) is 0 Å².